The normalized spacial score (nSPS) is 14.2. The van der Waals surface area contributed by atoms with Gasteiger partial charge in [0, 0.05) is 25.7 Å². The quantitative estimate of drug-likeness (QED) is 0.0222. The van der Waals surface area contributed by atoms with Gasteiger partial charge in [-0.15, -0.1) is 0 Å². The minimum absolute atomic E-state index is 0.105. The maximum Gasteiger partial charge on any atom is 0.472 e. The van der Waals surface area contributed by atoms with Crippen molar-refractivity contribution in [2.75, 3.05) is 39.6 Å². The zero-order valence-electron chi connectivity index (χ0n) is 55.4. The van der Waals surface area contributed by atoms with Crippen molar-refractivity contribution in [3.05, 3.63) is 0 Å². The molecule has 0 radical (unpaired) electrons. The summed E-state index contributed by atoms with van der Waals surface area (Å²) in [6.07, 6.45) is 46.2. The molecular formula is C67H130O17P2. The fourth-order valence-electron chi connectivity index (χ4n) is 10.1. The highest BCUT2D eigenvalue weighted by atomic mass is 31.2. The summed E-state index contributed by atoms with van der Waals surface area (Å²) in [6.45, 7) is 7.10. The standard InChI is InChI=1S/C67H130O17P2/c1-6-9-12-15-18-20-21-22-23-24-25-26-27-28-29-30-32-37-43-48-53-67(72)84-63(57-78-65(70)51-46-41-38-33-35-39-44-49-60(4)5)59-82-86(75,76)80-55-61(68)54-79-85(73,74)81-58-62(56-77-64(69)50-45-40-34-17-14-11-8-3)83-66(71)52-47-42-36-31-19-16-13-10-7-2/h60-63,68H,6-59H2,1-5H3,(H,73,74)(H,75,76)/t61-,62+,63+/m0/s1. The van der Waals surface area contributed by atoms with Crippen LogP contribution < -0.4 is 0 Å². The van der Waals surface area contributed by atoms with E-state index in [4.69, 9.17) is 37.0 Å². The Morgan fingerprint density at radius 1 is 0.314 bits per heavy atom. The van der Waals surface area contributed by atoms with Crippen molar-refractivity contribution in [3.63, 3.8) is 0 Å². The van der Waals surface area contributed by atoms with Crippen molar-refractivity contribution < 1.29 is 80.2 Å². The van der Waals surface area contributed by atoms with Gasteiger partial charge in [0.2, 0.25) is 0 Å². The van der Waals surface area contributed by atoms with E-state index in [2.05, 4.69) is 34.6 Å². The first-order valence-corrected chi connectivity index (χ1v) is 38.1. The summed E-state index contributed by atoms with van der Waals surface area (Å²) in [5.74, 6) is -1.43. The van der Waals surface area contributed by atoms with Gasteiger partial charge < -0.3 is 33.8 Å². The Labute approximate surface area is 524 Å². The van der Waals surface area contributed by atoms with Crippen molar-refractivity contribution in [3.8, 4) is 0 Å². The molecule has 0 spiro atoms. The zero-order chi connectivity index (χ0) is 63.5. The number of aliphatic hydroxyl groups is 1. The van der Waals surface area contributed by atoms with Crippen LogP contribution in [0.25, 0.3) is 0 Å². The largest absolute Gasteiger partial charge is 0.472 e. The minimum atomic E-state index is -4.95. The van der Waals surface area contributed by atoms with Crippen LogP contribution in [0.4, 0.5) is 0 Å². The van der Waals surface area contributed by atoms with Gasteiger partial charge in [-0.1, -0.05) is 291 Å². The van der Waals surface area contributed by atoms with Crippen LogP contribution in [-0.4, -0.2) is 96.7 Å². The summed E-state index contributed by atoms with van der Waals surface area (Å²) in [6, 6.07) is 0. The summed E-state index contributed by atoms with van der Waals surface area (Å²) in [5.41, 5.74) is 0. The molecule has 0 rings (SSSR count). The number of esters is 4. The number of carbonyl (C=O) groups is 4. The summed E-state index contributed by atoms with van der Waals surface area (Å²) < 4.78 is 67.9. The molecule has 19 heteroatoms. The predicted octanol–water partition coefficient (Wildman–Crippen LogP) is 19.0. The number of carbonyl (C=O) groups excluding carboxylic acids is 4. The number of ether oxygens (including phenoxy) is 4. The van der Waals surface area contributed by atoms with Gasteiger partial charge >= 0.3 is 39.5 Å². The predicted molar refractivity (Wildman–Crippen MR) is 345 cm³/mol. The maximum atomic E-state index is 13.0. The van der Waals surface area contributed by atoms with Crippen molar-refractivity contribution in [1.29, 1.82) is 0 Å². The lowest BCUT2D eigenvalue weighted by molar-refractivity contribution is -0.161. The lowest BCUT2D eigenvalue weighted by Crippen LogP contribution is -2.30. The highest BCUT2D eigenvalue weighted by Gasteiger charge is 2.30. The number of rotatable bonds is 67. The molecule has 510 valence electrons. The van der Waals surface area contributed by atoms with Crippen LogP contribution in [-0.2, 0) is 65.4 Å². The Bertz CT molecular complexity index is 1670. The van der Waals surface area contributed by atoms with Crippen molar-refractivity contribution >= 4 is 39.5 Å². The second kappa shape index (κ2) is 60.6. The van der Waals surface area contributed by atoms with Crippen LogP contribution in [0.2, 0.25) is 0 Å². The van der Waals surface area contributed by atoms with E-state index >= 15 is 0 Å². The van der Waals surface area contributed by atoms with E-state index in [0.717, 1.165) is 109 Å². The first kappa shape index (κ1) is 84.1. The number of hydrogen-bond acceptors (Lipinski definition) is 15. The Balaban J connectivity index is 5.12. The smallest absolute Gasteiger partial charge is 0.462 e. The van der Waals surface area contributed by atoms with E-state index in [1.807, 2.05) is 0 Å². The van der Waals surface area contributed by atoms with Crippen LogP contribution in [0.5, 0.6) is 0 Å². The summed E-state index contributed by atoms with van der Waals surface area (Å²) in [5, 5.41) is 10.5. The summed E-state index contributed by atoms with van der Waals surface area (Å²) in [4.78, 5) is 72.1. The fraction of sp³-hybridized carbons (Fsp3) is 0.940. The summed E-state index contributed by atoms with van der Waals surface area (Å²) in [7, 11) is -9.88. The minimum Gasteiger partial charge on any atom is -0.462 e. The molecule has 0 aromatic carbocycles. The van der Waals surface area contributed by atoms with Crippen LogP contribution in [0, 0.1) is 5.92 Å². The van der Waals surface area contributed by atoms with Gasteiger partial charge in [0.25, 0.3) is 0 Å². The van der Waals surface area contributed by atoms with Crippen molar-refractivity contribution in [2.45, 2.75) is 361 Å². The molecule has 0 fully saturated rings. The number of unbranched alkanes of at least 4 members (excludes halogenated alkanes) is 39. The Hall–Kier alpha value is -1.94. The number of aliphatic hydroxyl groups excluding tert-OH is 1. The highest BCUT2D eigenvalue weighted by Crippen LogP contribution is 2.45. The van der Waals surface area contributed by atoms with Gasteiger partial charge in [0.05, 0.1) is 26.4 Å². The third-order valence-electron chi connectivity index (χ3n) is 15.5. The van der Waals surface area contributed by atoms with E-state index in [1.165, 1.54) is 148 Å². The van der Waals surface area contributed by atoms with Gasteiger partial charge in [-0.25, -0.2) is 9.13 Å². The molecule has 0 amide bonds. The molecule has 2 unspecified atom stereocenters. The molecule has 0 aromatic rings. The number of hydrogen-bond donors (Lipinski definition) is 3. The topological polar surface area (TPSA) is 237 Å². The van der Waals surface area contributed by atoms with E-state index in [0.29, 0.717) is 31.6 Å². The van der Waals surface area contributed by atoms with Gasteiger partial charge in [-0.3, -0.25) is 37.3 Å². The lowest BCUT2D eigenvalue weighted by Gasteiger charge is -2.21. The van der Waals surface area contributed by atoms with E-state index in [1.54, 1.807) is 0 Å². The van der Waals surface area contributed by atoms with Gasteiger partial charge in [0.1, 0.15) is 19.3 Å². The second-order valence-corrected chi connectivity index (χ2v) is 27.6. The molecule has 0 saturated carbocycles. The summed E-state index contributed by atoms with van der Waals surface area (Å²) >= 11 is 0. The first-order chi connectivity index (χ1) is 41.5. The van der Waals surface area contributed by atoms with Crippen molar-refractivity contribution in [2.24, 2.45) is 5.92 Å². The zero-order valence-corrected chi connectivity index (χ0v) is 57.2. The van der Waals surface area contributed by atoms with Crippen LogP contribution >= 0.6 is 15.6 Å². The molecule has 0 saturated heterocycles. The average Bonchev–Trinajstić information content (AvgIpc) is 3.48. The third-order valence-corrected chi connectivity index (χ3v) is 17.4. The second-order valence-electron chi connectivity index (χ2n) is 24.7. The molecule has 3 N–H and O–H groups in total. The average molecular weight is 1270 g/mol. The molecule has 0 aromatic heterocycles. The van der Waals surface area contributed by atoms with Crippen LogP contribution in [0.15, 0.2) is 0 Å². The Kier molecular flexibility index (Phi) is 59.2. The fourth-order valence-corrected chi connectivity index (χ4v) is 11.7. The highest BCUT2D eigenvalue weighted by molar-refractivity contribution is 7.47. The molecule has 0 aliphatic heterocycles. The number of phosphoric acid groups is 2. The molecule has 17 nitrogen and oxygen atoms in total. The van der Waals surface area contributed by atoms with E-state index < -0.39 is 97.5 Å². The molecule has 86 heavy (non-hydrogen) atoms. The molecule has 0 bridgehead atoms. The molecule has 0 heterocycles. The third kappa shape index (κ3) is 60.9. The lowest BCUT2D eigenvalue weighted by atomic mass is 10.0. The number of phosphoric ester groups is 2. The molecule has 0 aliphatic rings. The van der Waals surface area contributed by atoms with Gasteiger partial charge in [-0.05, 0) is 31.6 Å². The van der Waals surface area contributed by atoms with Gasteiger partial charge in [-0.2, -0.15) is 0 Å². The van der Waals surface area contributed by atoms with Crippen molar-refractivity contribution in [1.82, 2.24) is 0 Å². The maximum absolute atomic E-state index is 13.0. The van der Waals surface area contributed by atoms with E-state index in [9.17, 15) is 43.2 Å². The Morgan fingerprint density at radius 3 is 0.791 bits per heavy atom. The van der Waals surface area contributed by atoms with Crippen LogP contribution in [0.3, 0.4) is 0 Å². The monoisotopic (exact) mass is 1270 g/mol. The Morgan fingerprint density at radius 2 is 0.535 bits per heavy atom. The SMILES string of the molecule is CCCCCCCCCCCCCCCCCCCCCCC(=O)O[C@H](COC(=O)CCCCCCCCCC(C)C)COP(=O)(O)OC[C@@H](O)COP(=O)(O)OC[C@@H](COC(=O)CCCCCCCCC)OC(=O)CCCCCCCCCCC. The van der Waals surface area contributed by atoms with Crippen LogP contribution in [0.1, 0.15) is 343 Å². The molecule has 0 aliphatic carbocycles. The van der Waals surface area contributed by atoms with E-state index in [-0.39, 0.29) is 25.7 Å². The molecule has 5 atom stereocenters. The molecular weight excluding hydrogens is 1140 g/mol. The van der Waals surface area contributed by atoms with Gasteiger partial charge in [0.15, 0.2) is 12.2 Å². The first-order valence-electron chi connectivity index (χ1n) is 35.1.